The summed E-state index contributed by atoms with van der Waals surface area (Å²) < 4.78 is 5.86. The lowest BCUT2D eigenvalue weighted by Crippen LogP contribution is -2.32. The first-order chi connectivity index (χ1) is 14.5. The molecule has 2 aromatic heterocycles. The Balaban J connectivity index is 1.41. The van der Waals surface area contributed by atoms with Crippen LogP contribution in [0, 0.1) is 19.3 Å². The summed E-state index contributed by atoms with van der Waals surface area (Å²) in [6.07, 6.45) is 3.11. The van der Waals surface area contributed by atoms with Gasteiger partial charge in [-0.2, -0.15) is 4.98 Å². The number of nitrogens with zero attached hydrogens (tertiary/aromatic N) is 5. The van der Waals surface area contributed by atoms with E-state index in [1.54, 1.807) is 0 Å². The van der Waals surface area contributed by atoms with Crippen LogP contribution < -0.4 is 0 Å². The fourth-order valence-corrected chi connectivity index (χ4v) is 5.15. The van der Waals surface area contributed by atoms with Gasteiger partial charge in [-0.3, -0.25) is 9.88 Å². The lowest BCUT2D eigenvalue weighted by molar-refractivity contribution is 0.223. The molecule has 0 N–H and O–H groups in total. The molecule has 30 heavy (non-hydrogen) atoms. The number of rotatable bonds is 4. The van der Waals surface area contributed by atoms with Gasteiger partial charge in [-0.05, 0) is 51.6 Å². The van der Waals surface area contributed by atoms with Crippen molar-refractivity contribution in [3.8, 4) is 11.4 Å². The first-order valence-corrected chi connectivity index (χ1v) is 10.7. The first-order valence-electron chi connectivity index (χ1n) is 10.7. The molecule has 0 radical (unpaired) electrons. The third-order valence-electron chi connectivity index (χ3n) is 6.67. The van der Waals surface area contributed by atoms with Crippen molar-refractivity contribution in [2.45, 2.75) is 32.7 Å². The number of aryl methyl sites for hydroxylation is 2. The van der Waals surface area contributed by atoms with Crippen LogP contribution >= 0.6 is 0 Å². The number of hydrogen-bond acceptors (Lipinski definition) is 6. The molecule has 0 bridgehead atoms. The molecule has 156 valence electrons. The zero-order valence-electron chi connectivity index (χ0n) is 18.0. The highest BCUT2D eigenvalue weighted by Gasteiger charge is 2.52. The third-order valence-corrected chi connectivity index (χ3v) is 6.67. The maximum Gasteiger partial charge on any atom is 0.232 e. The molecular formula is C24H29N5O. The standard InChI is InChI=1S/C24H29N5O/c1-17-5-4-6-19(11-17)22-26-23(30-27-22)21-14-29(13-20-8-7-18(2)12-25-20)16-24(21)9-10-28(3)15-24/h4-8,11-12,21H,9-10,13-16H2,1-3H3/t21-,24-/m0/s1. The van der Waals surface area contributed by atoms with Gasteiger partial charge in [0.05, 0.1) is 11.6 Å². The molecule has 3 aromatic rings. The summed E-state index contributed by atoms with van der Waals surface area (Å²) in [5.74, 6) is 1.72. The van der Waals surface area contributed by atoms with Crippen LogP contribution in [0.4, 0.5) is 0 Å². The van der Waals surface area contributed by atoms with Gasteiger partial charge in [-0.15, -0.1) is 0 Å². The summed E-state index contributed by atoms with van der Waals surface area (Å²) in [5, 5.41) is 4.33. The molecule has 1 spiro atoms. The predicted molar refractivity (Wildman–Crippen MR) is 116 cm³/mol. The first kappa shape index (κ1) is 19.4. The van der Waals surface area contributed by atoms with Crippen LogP contribution in [0.5, 0.6) is 0 Å². The van der Waals surface area contributed by atoms with Crippen LogP contribution in [-0.2, 0) is 6.54 Å². The maximum atomic E-state index is 5.86. The van der Waals surface area contributed by atoms with Crippen molar-refractivity contribution >= 4 is 0 Å². The summed E-state index contributed by atoms with van der Waals surface area (Å²) in [6, 6.07) is 12.6. The van der Waals surface area contributed by atoms with Crippen molar-refractivity contribution < 1.29 is 4.52 Å². The highest BCUT2D eigenvalue weighted by molar-refractivity contribution is 5.55. The van der Waals surface area contributed by atoms with Crippen molar-refractivity contribution in [2.24, 2.45) is 5.41 Å². The maximum absolute atomic E-state index is 5.86. The Morgan fingerprint density at radius 2 is 2.03 bits per heavy atom. The molecule has 2 aliphatic heterocycles. The minimum Gasteiger partial charge on any atom is -0.339 e. The highest BCUT2D eigenvalue weighted by Crippen LogP contribution is 2.48. The van der Waals surface area contributed by atoms with Gasteiger partial charge in [-0.1, -0.05) is 35.0 Å². The molecule has 0 amide bonds. The van der Waals surface area contributed by atoms with E-state index in [2.05, 4.69) is 65.1 Å². The van der Waals surface area contributed by atoms with E-state index in [4.69, 9.17) is 9.51 Å². The van der Waals surface area contributed by atoms with Gasteiger partial charge in [0, 0.05) is 43.4 Å². The molecule has 2 atom stereocenters. The van der Waals surface area contributed by atoms with Gasteiger partial charge < -0.3 is 9.42 Å². The molecule has 2 saturated heterocycles. The molecular weight excluding hydrogens is 374 g/mol. The average molecular weight is 404 g/mol. The average Bonchev–Trinajstić information content (AvgIpc) is 3.43. The Hall–Kier alpha value is -2.57. The number of aromatic nitrogens is 3. The van der Waals surface area contributed by atoms with E-state index in [1.165, 1.54) is 11.1 Å². The van der Waals surface area contributed by atoms with E-state index in [1.807, 2.05) is 18.3 Å². The third kappa shape index (κ3) is 3.66. The van der Waals surface area contributed by atoms with E-state index in [-0.39, 0.29) is 11.3 Å². The molecule has 5 rings (SSSR count). The minimum atomic E-state index is 0.163. The number of pyridine rings is 1. The SMILES string of the molecule is Cc1ccc(CN2C[C@@H](c3nc(-c4cccc(C)c4)no3)[C@]3(CCN(C)C3)C2)nc1. The van der Waals surface area contributed by atoms with Gasteiger partial charge in [0.15, 0.2) is 0 Å². The quantitative estimate of drug-likeness (QED) is 0.662. The highest BCUT2D eigenvalue weighted by atomic mass is 16.5. The Labute approximate surface area is 177 Å². The molecule has 0 saturated carbocycles. The van der Waals surface area contributed by atoms with Crippen LogP contribution in [-0.4, -0.2) is 58.2 Å². The van der Waals surface area contributed by atoms with Crippen LogP contribution in [0.25, 0.3) is 11.4 Å². The normalized spacial score (nSPS) is 24.8. The largest absolute Gasteiger partial charge is 0.339 e. The number of benzene rings is 1. The zero-order chi connectivity index (χ0) is 20.7. The second kappa shape index (κ2) is 7.60. The zero-order valence-corrected chi connectivity index (χ0v) is 18.0. The second-order valence-electron chi connectivity index (χ2n) is 9.22. The second-order valence-corrected chi connectivity index (χ2v) is 9.22. The van der Waals surface area contributed by atoms with Crippen molar-refractivity contribution in [1.29, 1.82) is 0 Å². The van der Waals surface area contributed by atoms with Gasteiger partial charge >= 0.3 is 0 Å². The Morgan fingerprint density at radius 3 is 2.77 bits per heavy atom. The molecule has 6 nitrogen and oxygen atoms in total. The predicted octanol–water partition coefficient (Wildman–Crippen LogP) is 3.67. The van der Waals surface area contributed by atoms with E-state index < -0.39 is 0 Å². The van der Waals surface area contributed by atoms with E-state index in [0.29, 0.717) is 5.82 Å². The van der Waals surface area contributed by atoms with Gasteiger partial charge in [0.25, 0.3) is 0 Å². The summed E-state index contributed by atoms with van der Waals surface area (Å²) in [4.78, 5) is 14.4. The lowest BCUT2D eigenvalue weighted by atomic mass is 9.77. The molecule has 2 fully saturated rings. The smallest absolute Gasteiger partial charge is 0.232 e. The van der Waals surface area contributed by atoms with Crippen LogP contribution in [0.2, 0.25) is 0 Å². The Bertz CT molecular complexity index is 1030. The fourth-order valence-electron chi connectivity index (χ4n) is 5.15. The van der Waals surface area contributed by atoms with Crippen LogP contribution in [0.1, 0.15) is 35.1 Å². The molecule has 6 heteroatoms. The summed E-state index contributed by atoms with van der Waals surface area (Å²) in [5.41, 5.74) is 4.69. The monoisotopic (exact) mass is 403 g/mol. The Kier molecular flexibility index (Phi) is 4.91. The van der Waals surface area contributed by atoms with E-state index >= 15 is 0 Å². The lowest BCUT2D eigenvalue weighted by Gasteiger charge is -2.27. The number of likely N-dealkylation sites (tertiary alicyclic amines) is 2. The molecule has 4 heterocycles. The molecule has 0 aliphatic carbocycles. The molecule has 1 aromatic carbocycles. The van der Waals surface area contributed by atoms with E-state index in [0.717, 1.165) is 56.3 Å². The molecule has 0 unspecified atom stereocenters. The van der Waals surface area contributed by atoms with E-state index in [9.17, 15) is 0 Å². The summed E-state index contributed by atoms with van der Waals surface area (Å²) in [7, 11) is 2.21. The fraction of sp³-hybridized carbons (Fsp3) is 0.458. The Morgan fingerprint density at radius 1 is 1.13 bits per heavy atom. The van der Waals surface area contributed by atoms with Gasteiger partial charge in [0.1, 0.15) is 0 Å². The molecule has 2 aliphatic rings. The van der Waals surface area contributed by atoms with Crippen LogP contribution in [0.3, 0.4) is 0 Å². The minimum absolute atomic E-state index is 0.163. The van der Waals surface area contributed by atoms with Crippen LogP contribution in [0.15, 0.2) is 47.1 Å². The number of hydrogen-bond donors (Lipinski definition) is 0. The van der Waals surface area contributed by atoms with Gasteiger partial charge in [-0.25, -0.2) is 0 Å². The van der Waals surface area contributed by atoms with Crippen molar-refractivity contribution in [3.05, 3.63) is 65.3 Å². The van der Waals surface area contributed by atoms with Crippen molar-refractivity contribution in [1.82, 2.24) is 24.9 Å². The topological polar surface area (TPSA) is 58.3 Å². The van der Waals surface area contributed by atoms with Crippen molar-refractivity contribution in [2.75, 3.05) is 33.2 Å². The summed E-state index contributed by atoms with van der Waals surface area (Å²) >= 11 is 0. The van der Waals surface area contributed by atoms with Crippen molar-refractivity contribution in [3.63, 3.8) is 0 Å². The summed E-state index contributed by atoms with van der Waals surface area (Å²) in [6.45, 7) is 9.18. The van der Waals surface area contributed by atoms with Gasteiger partial charge in [0.2, 0.25) is 11.7 Å².